The molecule has 1 heterocycles. The first-order valence-electron chi connectivity index (χ1n) is 10.2. The van der Waals surface area contributed by atoms with Crippen LogP contribution in [0.3, 0.4) is 0 Å². The van der Waals surface area contributed by atoms with E-state index < -0.39 is 0 Å². The summed E-state index contributed by atoms with van der Waals surface area (Å²) in [7, 11) is 1.72. The van der Waals surface area contributed by atoms with Gasteiger partial charge >= 0.3 is 0 Å². The van der Waals surface area contributed by atoms with Crippen molar-refractivity contribution in [3.05, 3.63) is 29.2 Å². The Labute approximate surface area is 156 Å². The average molecular weight is 354 g/mol. The van der Waals surface area contributed by atoms with E-state index in [4.69, 9.17) is 9.72 Å². The second-order valence-corrected chi connectivity index (χ2v) is 9.53. The first-order valence-corrected chi connectivity index (χ1v) is 10.2. The van der Waals surface area contributed by atoms with Crippen molar-refractivity contribution < 1.29 is 9.84 Å². The number of rotatable bonds is 1. The zero-order valence-corrected chi connectivity index (χ0v) is 16.2. The lowest BCUT2D eigenvalue weighted by molar-refractivity contribution is -0.0170. The number of hydrogen-bond donors (Lipinski definition) is 1. The van der Waals surface area contributed by atoms with Crippen molar-refractivity contribution in [2.75, 3.05) is 7.11 Å². The van der Waals surface area contributed by atoms with E-state index in [1.807, 2.05) is 0 Å². The highest BCUT2D eigenvalue weighted by Crippen LogP contribution is 2.64. The Morgan fingerprint density at radius 1 is 1.08 bits per heavy atom. The lowest BCUT2D eigenvalue weighted by Gasteiger charge is -2.57. The topological polar surface area (TPSA) is 55.2 Å². The van der Waals surface area contributed by atoms with E-state index in [0.717, 1.165) is 43.9 Å². The number of nitrogens with zero attached hydrogens (tertiary/aromatic N) is 2. The Bertz CT molecular complexity index is 775. The molecule has 1 N–H and O–H groups in total. The maximum atomic E-state index is 10.2. The van der Waals surface area contributed by atoms with Gasteiger partial charge in [-0.1, -0.05) is 25.5 Å². The van der Waals surface area contributed by atoms with Crippen LogP contribution in [0.4, 0.5) is 0 Å². The summed E-state index contributed by atoms with van der Waals surface area (Å²) in [5.74, 6) is 2.85. The lowest BCUT2D eigenvalue weighted by atomic mass is 9.48. The van der Waals surface area contributed by atoms with Gasteiger partial charge in [0.1, 0.15) is 6.33 Å². The molecule has 140 valence electrons. The minimum Gasteiger partial charge on any atom is -0.481 e. The van der Waals surface area contributed by atoms with Crippen LogP contribution in [0.2, 0.25) is 0 Å². The number of aliphatic hydroxyl groups excluding tert-OH is 1. The minimum atomic E-state index is -0.130. The van der Waals surface area contributed by atoms with Crippen LogP contribution in [0.25, 0.3) is 0 Å². The summed E-state index contributed by atoms with van der Waals surface area (Å²) in [6, 6.07) is 0. The molecular formula is C22H30N2O2. The average Bonchev–Trinajstić information content (AvgIpc) is 2.95. The molecule has 0 amide bonds. The maximum absolute atomic E-state index is 10.2. The molecule has 4 aliphatic carbocycles. The normalized spacial score (nSPS) is 43.6. The number of aromatic nitrogens is 2. The van der Waals surface area contributed by atoms with Gasteiger partial charge in [0.25, 0.3) is 0 Å². The van der Waals surface area contributed by atoms with Gasteiger partial charge in [-0.2, -0.15) is 0 Å². The van der Waals surface area contributed by atoms with Crippen LogP contribution in [0.1, 0.15) is 63.6 Å². The van der Waals surface area contributed by atoms with E-state index in [-0.39, 0.29) is 16.9 Å². The molecule has 0 spiro atoms. The van der Waals surface area contributed by atoms with E-state index >= 15 is 0 Å². The Morgan fingerprint density at radius 3 is 2.69 bits per heavy atom. The fourth-order valence-corrected chi connectivity index (χ4v) is 7.10. The van der Waals surface area contributed by atoms with E-state index in [0.29, 0.717) is 11.8 Å². The second-order valence-electron chi connectivity index (χ2n) is 9.53. The fraction of sp³-hybridized carbons (Fsp3) is 0.727. The van der Waals surface area contributed by atoms with E-state index in [1.54, 1.807) is 13.4 Å². The first-order chi connectivity index (χ1) is 12.5. The van der Waals surface area contributed by atoms with Crippen LogP contribution in [-0.2, 0) is 11.8 Å². The molecule has 1 aromatic heterocycles. The highest BCUT2D eigenvalue weighted by molar-refractivity contribution is 5.42. The standard InChI is InChI=1S/C22H30N2O2/c1-21-8-6-14(25)10-13(21)4-5-15-17(21)7-9-22(2)18(15)11-16-19(22)23-12-24-20(16)26-3/h4,12,14-15,17-18,25H,5-11H2,1-3H3/t14-,15+,17-,18-,21-,22-/m0/s1. The SMILES string of the molecule is COc1ncnc2c1C[C@H]1[C@@H]3CC=C4C[C@@H](O)CC[C@]4(C)[C@H]3CC[C@]21C. The Morgan fingerprint density at radius 2 is 1.88 bits per heavy atom. The van der Waals surface area contributed by atoms with Crippen molar-refractivity contribution >= 4 is 0 Å². The van der Waals surface area contributed by atoms with Gasteiger partial charge in [-0.25, -0.2) is 9.97 Å². The van der Waals surface area contributed by atoms with Crippen LogP contribution >= 0.6 is 0 Å². The number of hydrogen-bond acceptors (Lipinski definition) is 4. The van der Waals surface area contributed by atoms with Gasteiger partial charge in [-0.05, 0) is 68.1 Å². The van der Waals surface area contributed by atoms with Crippen LogP contribution in [0, 0.1) is 23.2 Å². The molecule has 6 atom stereocenters. The van der Waals surface area contributed by atoms with Crippen molar-refractivity contribution in [1.29, 1.82) is 0 Å². The molecule has 4 aliphatic rings. The van der Waals surface area contributed by atoms with Gasteiger partial charge < -0.3 is 9.84 Å². The molecule has 2 fully saturated rings. The highest BCUT2D eigenvalue weighted by atomic mass is 16.5. The number of methoxy groups -OCH3 is 1. The molecule has 2 saturated carbocycles. The maximum Gasteiger partial charge on any atom is 0.219 e. The molecule has 4 nitrogen and oxygen atoms in total. The molecule has 0 bridgehead atoms. The zero-order chi connectivity index (χ0) is 18.1. The fourth-order valence-electron chi connectivity index (χ4n) is 7.10. The molecule has 0 unspecified atom stereocenters. The molecule has 0 aromatic carbocycles. The molecular weight excluding hydrogens is 324 g/mol. The predicted octanol–water partition coefficient (Wildman–Crippen LogP) is 3.82. The van der Waals surface area contributed by atoms with Gasteiger partial charge in [-0.15, -0.1) is 0 Å². The van der Waals surface area contributed by atoms with Crippen molar-refractivity contribution in [2.45, 2.75) is 70.3 Å². The molecule has 0 saturated heterocycles. The molecule has 1 aromatic rings. The van der Waals surface area contributed by atoms with Crippen molar-refractivity contribution in [3.63, 3.8) is 0 Å². The quantitative estimate of drug-likeness (QED) is 0.779. The van der Waals surface area contributed by atoms with E-state index in [2.05, 4.69) is 24.9 Å². The summed E-state index contributed by atoms with van der Waals surface area (Å²) in [4.78, 5) is 9.11. The first kappa shape index (κ1) is 16.7. The summed E-state index contributed by atoms with van der Waals surface area (Å²) in [6.07, 6.45) is 11.7. The highest BCUT2D eigenvalue weighted by Gasteiger charge is 2.58. The Kier molecular flexibility index (Phi) is 3.57. The monoisotopic (exact) mass is 354 g/mol. The molecule has 5 rings (SSSR count). The number of fused-ring (bicyclic) bond motifs is 7. The van der Waals surface area contributed by atoms with Gasteiger partial charge in [-0.3, -0.25) is 0 Å². The summed E-state index contributed by atoms with van der Waals surface area (Å²) in [6.45, 7) is 4.91. The van der Waals surface area contributed by atoms with Crippen molar-refractivity contribution in [3.8, 4) is 5.88 Å². The molecule has 26 heavy (non-hydrogen) atoms. The minimum absolute atomic E-state index is 0.130. The Balaban J connectivity index is 1.54. The van der Waals surface area contributed by atoms with Crippen LogP contribution in [0.15, 0.2) is 18.0 Å². The number of allylic oxidation sites excluding steroid dienone is 1. The summed E-state index contributed by atoms with van der Waals surface area (Å²) < 4.78 is 5.57. The third-order valence-electron chi connectivity index (χ3n) is 8.53. The van der Waals surface area contributed by atoms with E-state index in [9.17, 15) is 5.11 Å². The number of ether oxygens (including phenoxy) is 1. The smallest absolute Gasteiger partial charge is 0.219 e. The van der Waals surface area contributed by atoms with Gasteiger partial charge in [0.15, 0.2) is 0 Å². The molecule has 4 heteroatoms. The van der Waals surface area contributed by atoms with Gasteiger partial charge in [0.2, 0.25) is 5.88 Å². The molecule has 0 radical (unpaired) electrons. The molecule has 0 aliphatic heterocycles. The van der Waals surface area contributed by atoms with Crippen LogP contribution in [-0.4, -0.2) is 28.3 Å². The predicted molar refractivity (Wildman–Crippen MR) is 100 cm³/mol. The third-order valence-corrected chi connectivity index (χ3v) is 8.53. The summed E-state index contributed by atoms with van der Waals surface area (Å²) >= 11 is 0. The van der Waals surface area contributed by atoms with Crippen LogP contribution in [0.5, 0.6) is 5.88 Å². The Hall–Kier alpha value is -1.42. The summed E-state index contributed by atoms with van der Waals surface area (Å²) in [5, 5.41) is 10.2. The van der Waals surface area contributed by atoms with Crippen molar-refractivity contribution in [1.82, 2.24) is 9.97 Å². The third kappa shape index (κ3) is 2.05. The summed E-state index contributed by atoms with van der Waals surface area (Å²) in [5.41, 5.74) is 4.47. The van der Waals surface area contributed by atoms with Crippen molar-refractivity contribution in [2.24, 2.45) is 23.2 Å². The van der Waals surface area contributed by atoms with Gasteiger partial charge in [0, 0.05) is 11.0 Å². The lowest BCUT2D eigenvalue weighted by Crippen LogP contribution is -2.51. The number of aliphatic hydroxyl groups is 1. The zero-order valence-electron chi connectivity index (χ0n) is 16.2. The second kappa shape index (κ2) is 5.54. The van der Waals surface area contributed by atoms with Crippen LogP contribution < -0.4 is 4.74 Å². The van der Waals surface area contributed by atoms with E-state index in [1.165, 1.54) is 29.7 Å². The largest absolute Gasteiger partial charge is 0.481 e. The van der Waals surface area contributed by atoms with Gasteiger partial charge in [0.05, 0.1) is 18.9 Å².